The molecule has 0 aliphatic carbocycles. The molecule has 0 aliphatic rings. The highest BCUT2D eigenvalue weighted by Gasteiger charge is 2.17. The summed E-state index contributed by atoms with van der Waals surface area (Å²) in [5.74, 6) is 0. The minimum atomic E-state index is -1.43. The van der Waals surface area contributed by atoms with E-state index in [2.05, 4.69) is 26.8 Å². The van der Waals surface area contributed by atoms with Crippen molar-refractivity contribution < 1.29 is 9.35 Å². The van der Waals surface area contributed by atoms with E-state index in [-0.39, 0.29) is 6.03 Å². The molecule has 4 aromatic rings. The predicted octanol–water partition coefficient (Wildman–Crippen LogP) is 6.18. The van der Waals surface area contributed by atoms with E-state index in [4.69, 9.17) is 0 Å². The molecule has 7 heteroatoms. The van der Waals surface area contributed by atoms with Crippen LogP contribution in [0, 0.1) is 6.92 Å². The molecule has 3 N–H and O–H groups in total. The molecule has 1 aromatic heterocycles. The van der Waals surface area contributed by atoms with Gasteiger partial charge in [-0.15, -0.1) is 11.3 Å². The summed E-state index contributed by atoms with van der Waals surface area (Å²) in [6.45, 7) is 2.52. The molecular formula is C25H23N3O2S2. The first kappa shape index (κ1) is 22.0. The Hall–Kier alpha value is -3.26. The van der Waals surface area contributed by atoms with Crippen LogP contribution in [0.1, 0.15) is 10.4 Å². The number of thiophene rings is 1. The van der Waals surface area contributed by atoms with Crippen LogP contribution in [0.4, 0.5) is 16.2 Å². The zero-order valence-electron chi connectivity index (χ0n) is 17.5. The first-order chi connectivity index (χ1) is 15.6. The zero-order valence-corrected chi connectivity index (χ0v) is 19.1. The Labute approximate surface area is 194 Å². The lowest BCUT2D eigenvalue weighted by molar-refractivity contribution is 0.252. The Bertz CT molecular complexity index is 1180. The number of carbonyl (C=O) groups excluding carboxylic acids is 1. The lowest BCUT2D eigenvalue weighted by Crippen LogP contribution is -2.27. The minimum Gasteiger partial charge on any atom is -0.588 e. The van der Waals surface area contributed by atoms with Gasteiger partial charge in [0, 0.05) is 16.1 Å². The van der Waals surface area contributed by atoms with Crippen molar-refractivity contribution >= 4 is 40.1 Å². The second-order valence-electron chi connectivity index (χ2n) is 7.21. The Balaban J connectivity index is 1.36. The lowest BCUT2D eigenvalue weighted by Gasteiger charge is -2.15. The van der Waals surface area contributed by atoms with Crippen molar-refractivity contribution in [1.29, 1.82) is 0 Å². The maximum absolute atomic E-state index is 13.0. The van der Waals surface area contributed by atoms with Gasteiger partial charge in [-0.3, -0.25) is 0 Å². The highest BCUT2D eigenvalue weighted by molar-refractivity contribution is 7.92. The number of urea groups is 1. The summed E-state index contributed by atoms with van der Waals surface area (Å²) in [6.07, 6.45) is 0. The average Bonchev–Trinajstić information content (AvgIpc) is 3.24. The maximum atomic E-state index is 13.0. The molecule has 1 unspecified atom stereocenters. The number of carbonyl (C=O) groups is 1. The SMILES string of the molecule is Cc1csc(CNC(=O)Nc2ccc(N[S+]([O-])c3ccccc3-c3ccccc3)cc2)c1. The molecule has 5 nitrogen and oxygen atoms in total. The van der Waals surface area contributed by atoms with E-state index in [0.717, 1.165) is 16.0 Å². The Morgan fingerprint density at radius 3 is 2.34 bits per heavy atom. The van der Waals surface area contributed by atoms with Crippen molar-refractivity contribution in [2.45, 2.75) is 18.4 Å². The Morgan fingerprint density at radius 2 is 1.62 bits per heavy atom. The van der Waals surface area contributed by atoms with Crippen molar-refractivity contribution in [2.24, 2.45) is 0 Å². The van der Waals surface area contributed by atoms with Crippen LogP contribution >= 0.6 is 11.3 Å². The van der Waals surface area contributed by atoms with Gasteiger partial charge in [0.25, 0.3) is 0 Å². The Kier molecular flexibility index (Phi) is 7.11. The third-order valence-electron chi connectivity index (χ3n) is 4.73. The average molecular weight is 462 g/mol. The summed E-state index contributed by atoms with van der Waals surface area (Å²) in [4.78, 5) is 13.9. The monoisotopic (exact) mass is 461 g/mol. The van der Waals surface area contributed by atoms with Gasteiger partial charge in [-0.2, -0.15) is 0 Å². The molecule has 0 saturated carbocycles. The van der Waals surface area contributed by atoms with Gasteiger partial charge in [-0.25, -0.2) is 9.52 Å². The first-order valence-corrected chi connectivity index (χ1v) is 12.1. The van der Waals surface area contributed by atoms with Crippen LogP contribution in [0.15, 0.2) is 95.2 Å². The van der Waals surface area contributed by atoms with Gasteiger partial charge >= 0.3 is 6.03 Å². The molecule has 0 saturated heterocycles. The Morgan fingerprint density at radius 1 is 0.938 bits per heavy atom. The number of benzene rings is 3. The molecule has 0 radical (unpaired) electrons. The van der Waals surface area contributed by atoms with Gasteiger partial charge in [0.2, 0.25) is 0 Å². The molecule has 2 amide bonds. The number of nitrogens with one attached hydrogen (secondary N) is 3. The molecule has 0 spiro atoms. The van der Waals surface area contributed by atoms with E-state index in [1.165, 1.54) is 5.56 Å². The molecular weight excluding hydrogens is 438 g/mol. The van der Waals surface area contributed by atoms with Gasteiger partial charge in [0.15, 0.2) is 4.90 Å². The number of aryl methyl sites for hydroxylation is 1. The molecule has 4 rings (SSSR count). The molecule has 3 aromatic carbocycles. The largest absolute Gasteiger partial charge is 0.588 e. The van der Waals surface area contributed by atoms with Gasteiger partial charge < -0.3 is 15.2 Å². The van der Waals surface area contributed by atoms with E-state index in [1.807, 2.05) is 61.5 Å². The highest BCUT2D eigenvalue weighted by atomic mass is 32.2. The van der Waals surface area contributed by atoms with Crippen molar-refractivity contribution in [3.8, 4) is 11.1 Å². The summed E-state index contributed by atoms with van der Waals surface area (Å²) in [5, 5.41) is 7.72. The number of rotatable bonds is 7. The van der Waals surface area contributed by atoms with Crippen molar-refractivity contribution in [3.63, 3.8) is 0 Å². The van der Waals surface area contributed by atoms with E-state index < -0.39 is 11.4 Å². The number of amides is 2. The zero-order chi connectivity index (χ0) is 22.3. The van der Waals surface area contributed by atoms with Crippen molar-refractivity contribution in [1.82, 2.24) is 5.32 Å². The third-order valence-corrected chi connectivity index (χ3v) is 6.96. The number of anilines is 2. The van der Waals surface area contributed by atoms with E-state index in [0.29, 0.717) is 22.8 Å². The van der Waals surface area contributed by atoms with Gasteiger partial charge in [0.05, 0.1) is 12.2 Å². The predicted molar refractivity (Wildman–Crippen MR) is 133 cm³/mol. The standard InChI is InChI=1S/C25H23N3O2S2/c1-18-15-22(31-17-18)16-26-25(29)27-20-11-13-21(14-12-20)28-32(30)24-10-6-5-9-23(24)19-7-3-2-4-8-19/h2-15,17,28H,16H2,1H3,(H2,26,27,29). The molecule has 0 bridgehead atoms. The highest BCUT2D eigenvalue weighted by Crippen LogP contribution is 2.28. The first-order valence-electron chi connectivity index (χ1n) is 10.1. The molecule has 32 heavy (non-hydrogen) atoms. The second-order valence-corrected chi connectivity index (χ2v) is 9.39. The van der Waals surface area contributed by atoms with Crippen LogP contribution in [-0.4, -0.2) is 10.6 Å². The van der Waals surface area contributed by atoms with Crippen LogP contribution in [0.5, 0.6) is 0 Å². The lowest BCUT2D eigenvalue weighted by atomic mass is 10.1. The summed E-state index contributed by atoms with van der Waals surface area (Å²) >= 11 is 0.189. The fourth-order valence-corrected chi connectivity index (χ4v) is 5.06. The van der Waals surface area contributed by atoms with E-state index >= 15 is 0 Å². The smallest absolute Gasteiger partial charge is 0.319 e. The molecule has 1 atom stereocenters. The summed E-state index contributed by atoms with van der Waals surface area (Å²) in [6, 6.07) is 26.5. The fourth-order valence-electron chi connectivity index (χ4n) is 3.19. The fraction of sp³-hybridized carbons (Fsp3) is 0.0800. The summed E-state index contributed by atoms with van der Waals surface area (Å²) < 4.78 is 16.1. The van der Waals surface area contributed by atoms with Crippen LogP contribution in [0.2, 0.25) is 0 Å². The van der Waals surface area contributed by atoms with Crippen LogP contribution in [-0.2, 0) is 17.9 Å². The topological polar surface area (TPSA) is 76.2 Å². The van der Waals surface area contributed by atoms with Crippen LogP contribution in [0.25, 0.3) is 11.1 Å². The van der Waals surface area contributed by atoms with Crippen LogP contribution in [0.3, 0.4) is 0 Å². The maximum Gasteiger partial charge on any atom is 0.319 e. The van der Waals surface area contributed by atoms with Gasteiger partial charge in [-0.1, -0.05) is 42.5 Å². The van der Waals surface area contributed by atoms with E-state index in [9.17, 15) is 9.35 Å². The van der Waals surface area contributed by atoms with Gasteiger partial charge in [0.1, 0.15) is 11.4 Å². The third kappa shape index (κ3) is 5.70. The molecule has 0 aliphatic heterocycles. The molecule has 162 valence electrons. The number of hydrogen-bond acceptors (Lipinski definition) is 4. The van der Waals surface area contributed by atoms with Crippen molar-refractivity contribution in [3.05, 3.63) is 101 Å². The van der Waals surface area contributed by atoms with E-state index in [1.54, 1.807) is 35.6 Å². The minimum absolute atomic E-state index is 0.267. The van der Waals surface area contributed by atoms with Crippen LogP contribution < -0.4 is 15.4 Å². The summed E-state index contributed by atoms with van der Waals surface area (Å²) in [5.41, 5.74) is 4.49. The normalized spacial score (nSPS) is 11.6. The molecule has 0 fully saturated rings. The quantitative estimate of drug-likeness (QED) is 0.288. The number of hydrogen-bond donors (Lipinski definition) is 3. The van der Waals surface area contributed by atoms with Gasteiger partial charge in [-0.05, 0) is 65.9 Å². The molecule has 1 heterocycles. The summed E-state index contributed by atoms with van der Waals surface area (Å²) in [7, 11) is 0. The van der Waals surface area contributed by atoms with Crippen molar-refractivity contribution in [2.75, 3.05) is 10.0 Å². The second kappa shape index (κ2) is 10.4.